The van der Waals surface area contributed by atoms with Crippen LogP contribution >= 0.6 is 23.2 Å². The Hall–Kier alpha value is -3.22. The molecule has 0 N–H and O–H groups in total. The molecule has 2 aromatic heterocycles. The van der Waals surface area contributed by atoms with Gasteiger partial charge in [0.05, 0.1) is 5.69 Å². The van der Waals surface area contributed by atoms with Gasteiger partial charge in [-0.15, -0.1) is 0 Å². The molecule has 168 valence electrons. The number of rotatable bonds is 4. The number of carbonyl (C=O) groups is 1. The summed E-state index contributed by atoms with van der Waals surface area (Å²) in [4.78, 5) is 17.7. The predicted octanol–water partition coefficient (Wildman–Crippen LogP) is 5.71. The Bertz CT molecular complexity index is 1310. The number of furan rings is 1. The van der Waals surface area contributed by atoms with Gasteiger partial charge in [0.15, 0.2) is 5.76 Å². The van der Waals surface area contributed by atoms with Crippen molar-refractivity contribution in [3.05, 3.63) is 88.2 Å². The fourth-order valence-corrected chi connectivity index (χ4v) is 4.40. The minimum atomic E-state index is -0.0808. The molecule has 6 nitrogen and oxygen atoms in total. The fourth-order valence-electron chi connectivity index (χ4n) is 4.03. The van der Waals surface area contributed by atoms with Crippen LogP contribution in [-0.2, 0) is 0 Å². The predicted molar refractivity (Wildman–Crippen MR) is 131 cm³/mol. The number of anilines is 1. The van der Waals surface area contributed by atoms with Crippen molar-refractivity contribution in [3.8, 4) is 17.1 Å². The molecule has 3 heterocycles. The number of amides is 1. The molecule has 0 saturated carbocycles. The van der Waals surface area contributed by atoms with Gasteiger partial charge >= 0.3 is 0 Å². The minimum Gasteiger partial charge on any atom is -0.460 e. The summed E-state index contributed by atoms with van der Waals surface area (Å²) in [7, 11) is 0. The molecule has 1 aliphatic heterocycles. The van der Waals surface area contributed by atoms with E-state index >= 15 is 0 Å². The number of aromatic nitrogens is 2. The first-order valence-corrected chi connectivity index (χ1v) is 11.5. The van der Waals surface area contributed by atoms with Gasteiger partial charge in [0, 0.05) is 48.0 Å². The van der Waals surface area contributed by atoms with E-state index in [1.807, 2.05) is 60.4 Å². The third-order valence-corrected chi connectivity index (χ3v) is 6.18. The van der Waals surface area contributed by atoms with E-state index in [0.29, 0.717) is 40.3 Å². The largest absolute Gasteiger partial charge is 0.460 e. The van der Waals surface area contributed by atoms with Crippen LogP contribution in [0, 0.1) is 6.92 Å². The average molecular weight is 481 g/mol. The van der Waals surface area contributed by atoms with Crippen molar-refractivity contribution in [1.29, 1.82) is 0 Å². The standard InChI is InChI=1S/C25H22Cl2N4O2/c1-17-8-9-24(33-17)22-16-23(31(28-22)21-7-3-5-19(27)15-21)25(32)30-12-10-29(11-13-30)20-6-2-4-18(26)14-20/h2-9,14-16H,10-13H2,1H3. The van der Waals surface area contributed by atoms with E-state index < -0.39 is 0 Å². The van der Waals surface area contributed by atoms with Crippen molar-refractivity contribution in [2.45, 2.75) is 6.92 Å². The SMILES string of the molecule is Cc1ccc(-c2cc(C(=O)N3CCN(c4cccc(Cl)c4)CC3)n(-c3cccc(Cl)c3)n2)o1. The molecule has 0 bridgehead atoms. The normalized spacial score (nSPS) is 14.0. The van der Waals surface area contributed by atoms with Crippen LogP contribution in [0.4, 0.5) is 5.69 Å². The molecule has 1 saturated heterocycles. The number of hydrogen-bond donors (Lipinski definition) is 0. The van der Waals surface area contributed by atoms with E-state index in [-0.39, 0.29) is 5.91 Å². The van der Waals surface area contributed by atoms with E-state index in [1.165, 1.54) is 0 Å². The smallest absolute Gasteiger partial charge is 0.272 e. The highest BCUT2D eigenvalue weighted by Gasteiger charge is 2.27. The highest BCUT2D eigenvalue weighted by molar-refractivity contribution is 6.31. The summed E-state index contributed by atoms with van der Waals surface area (Å²) >= 11 is 12.4. The monoisotopic (exact) mass is 480 g/mol. The molecule has 4 aromatic rings. The van der Waals surface area contributed by atoms with Crippen molar-refractivity contribution in [1.82, 2.24) is 14.7 Å². The molecule has 0 aliphatic carbocycles. The Morgan fingerprint density at radius 1 is 0.879 bits per heavy atom. The lowest BCUT2D eigenvalue weighted by molar-refractivity contribution is 0.0737. The quantitative estimate of drug-likeness (QED) is 0.375. The van der Waals surface area contributed by atoms with E-state index in [0.717, 1.165) is 30.2 Å². The van der Waals surface area contributed by atoms with E-state index in [9.17, 15) is 4.79 Å². The number of halogens is 2. The van der Waals surface area contributed by atoms with Crippen LogP contribution in [-0.4, -0.2) is 46.8 Å². The van der Waals surface area contributed by atoms with Gasteiger partial charge in [-0.1, -0.05) is 35.3 Å². The first-order valence-electron chi connectivity index (χ1n) is 10.7. The Morgan fingerprint density at radius 2 is 1.55 bits per heavy atom. The maximum atomic E-state index is 13.6. The lowest BCUT2D eigenvalue weighted by atomic mass is 10.2. The average Bonchev–Trinajstić information content (AvgIpc) is 3.45. The zero-order valence-electron chi connectivity index (χ0n) is 18.0. The Morgan fingerprint density at radius 3 is 2.18 bits per heavy atom. The molecule has 8 heteroatoms. The topological polar surface area (TPSA) is 54.5 Å². The van der Waals surface area contributed by atoms with Crippen molar-refractivity contribution in [2.24, 2.45) is 0 Å². The molecule has 0 atom stereocenters. The lowest BCUT2D eigenvalue weighted by Gasteiger charge is -2.36. The molecule has 1 fully saturated rings. The third-order valence-electron chi connectivity index (χ3n) is 5.71. The lowest BCUT2D eigenvalue weighted by Crippen LogP contribution is -2.49. The molecule has 0 spiro atoms. The van der Waals surface area contributed by atoms with Crippen molar-refractivity contribution in [2.75, 3.05) is 31.1 Å². The summed E-state index contributed by atoms with van der Waals surface area (Å²) < 4.78 is 7.39. The maximum Gasteiger partial charge on any atom is 0.272 e. The molecule has 33 heavy (non-hydrogen) atoms. The fraction of sp³-hybridized carbons (Fsp3) is 0.200. The van der Waals surface area contributed by atoms with E-state index in [4.69, 9.17) is 27.6 Å². The zero-order chi connectivity index (χ0) is 22.9. The Labute approximate surface area is 201 Å². The third kappa shape index (κ3) is 4.49. The number of piperazine rings is 1. The van der Waals surface area contributed by atoms with Gasteiger partial charge in [0.25, 0.3) is 5.91 Å². The highest BCUT2D eigenvalue weighted by Crippen LogP contribution is 2.26. The number of carbonyl (C=O) groups excluding carboxylic acids is 1. The first kappa shape index (κ1) is 21.6. The maximum absolute atomic E-state index is 13.6. The van der Waals surface area contributed by atoms with Crippen LogP contribution < -0.4 is 4.90 Å². The summed E-state index contributed by atoms with van der Waals surface area (Å²) in [6, 6.07) is 20.6. The molecule has 2 aromatic carbocycles. The van der Waals surface area contributed by atoms with Crippen molar-refractivity contribution < 1.29 is 9.21 Å². The summed E-state index contributed by atoms with van der Waals surface area (Å²) in [5.41, 5.74) is 2.86. The van der Waals surface area contributed by atoms with Crippen LogP contribution in [0.5, 0.6) is 0 Å². The second-order valence-electron chi connectivity index (χ2n) is 7.98. The molecule has 1 amide bonds. The van der Waals surface area contributed by atoms with Crippen LogP contribution in [0.3, 0.4) is 0 Å². The highest BCUT2D eigenvalue weighted by atomic mass is 35.5. The summed E-state index contributed by atoms with van der Waals surface area (Å²) in [5.74, 6) is 1.32. The van der Waals surface area contributed by atoms with Gasteiger partial charge in [-0.3, -0.25) is 4.79 Å². The van der Waals surface area contributed by atoms with Crippen molar-refractivity contribution in [3.63, 3.8) is 0 Å². The molecular weight excluding hydrogens is 459 g/mol. The van der Waals surface area contributed by atoms with Crippen LogP contribution in [0.2, 0.25) is 10.0 Å². The first-order chi connectivity index (χ1) is 16.0. The van der Waals surface area contributed by atoms with Gasteiger partial charge in [0.1, 0.15) is 17.1 Å². The van der Waals surface area contributed by atoms with Gasteiger partial charge in [-0.05, 0) is 55.5 Å². The van der Waals surface area contributed by atoms with Crippen LogP contribution in [0.25, 0.3) is 17.1 Å². The zero-order valence-corrected chi connectivity index (χ0v) is 19.6. The molecule has 0 radical (unpaired) electrons. The number of aryl methyl sites for hydroxylation is 1. The molecule has 1 aliphatic rings. The Balaban J connectivity index is 1.43. The minimum absolute atomic E-state index is 0.0808. The van der Waals surface area contributed by atoms with E-state index in [1.54, 1.807) is 22.9 Å². The summed E-state index contributed by atoms with van der Waals surface area (Å²) in [6.07, 6.45) is 0. The second-order valence-corrected chi connectivity index (χ2v) is 8.85. The summed E-state index contributed by atoms with van der Waals surface area (Å²) in [5, 5.41) is 5.97. The van der Waals surface area contributed by atoms with E-state index in [2.05, 4.69) is 10.00 Å². The van der Waals surface area contributed by atoms with Gasteiger partial charge in [0.2, 0.25) is 0 Å². The van der Waals surface area contributed by atoms with Crippen LogP contribution in [0.15, 0.2) is 71.1 Å². The van der Waals surface area contributed by atoms with Crippen molar-refractivity contribution >= 4 is 34.8 Å². The second kappa shape index (κ2) is 8.96. The molecule has 0 unspecified atom stereocenters. The molecule has 5 rings (SSSR count). The van der Waals surface area contributed by atoms with Gasteiger partial charge in [-0.25, -0.2) is 4.68 Å². The number of benzene rings is 2. The van der Waals surface area contributed by atoms with Crippen LogP contribution in [0.1, 0.15) is 16.2 Å². The Kier molecular flexibility index (Phi) is 5.87. The van der Waals surface area contributed by atoms with Gasteiger partial charge in [-0.2, -0.15) is 5.10 Å². The number of nitrogens with zero attached hydrogens (tertiary/aromatic N) is 4. The van der Waals surface area contributed by atoms with Gasteiger partial charge < -0.3 is 14.2 Å². The molecular formula is C25H22Cl2N4O2. The number of hydrogen-bond acceptors (Lipinski definition) is 4. The summed E-state index contributed by atoms with van der Waals surface area (Å²) in [6.45, 7) is 4.52.